The van der Waals surface area contributed by atoms with Gasteiger partial charge in [-0.25, -0.2) is 0 Å². The van der Waals surface area contributed by atoms with Crippen molar-refractivity contribution in [2.24, 2.45) is 0 Å². The Kier molecular flexibility index (Phi) is 3.35. The number of nitrogens with zero attached hydrogens (tertiary/aromatic N) is 3. The van der Waals surface area contributed by atoms with Gasteiger partial charge in [-0.1, -0.05) is 23.4 Å². The van der Waals surface area contributed by atoms with Gasteiger partial charge in [-0.3, -0.25) is 4.90 Å². The van der Waals surface area contributed by atoms with E-state index in [1.165, 1.54) is 17.0 Å². The molecule has 110 valence electrons. The Labute approximate surface area is 128 Å². The molecule has 1 aromatic heterocycles. The van der Waals surface area contributed by atoms with Gasteiger partial charge in [-0.05, 0) is 18.7 Å². The molecule has 1 fully saturated rings. The number of benzene rings is 1. The van der Waals surface area contributed by atoms with Crippen LogP contribution in [-0.2, 0) is 6.42 Å². The normalized spacial score (nSPS) is 25.6. The number of thioether (sulfide) groups is 1. The molecule has 2 atom stereocenters. The van der Waals surface area contributed by atoms with E-state index < -0.39 is 0 Å². The number of rotatable bonds is 2. The molecule has 0 radical (unpaired) electrons. The van der Waals surface area contributed by atoms with Crippen molar-refractivity contribution in [3.8, 4) is 0 Å². The summed E-state index contributed by atoms with van der Waals surface area (Å²) in [4.78, 5) is 6.96. The van der Waals surface area contributed by atoms with Crippen molar-refractivity contribution in [3.05, 3.63) is 41.5 Å². The van der Waals surface area contributed by atoms with E-state index >= 15 is 0 Å². The molecular formula is C15H18N4OS. The molecule has 6 heteroatoms. The molecule has 3 heterocycles. The minimum atomic E-state index is 0.102. The zero-order valence-electron chi connectivity index (χ0n) is 12.0. The van der Waals surface area contributed by atoms with E-state index in [4.69, 9.17) is 4.52 Å². The molecule has 1 aromatic carbocycles. The Hall–Kier alpha value is -1.53. The molecule has 4 rings (SSSR count). The summed E-state index contributed by atoms with van der Waals surface area (Å²) in [5.74, 6) is 3.73. The van der Waals surface area contributed by atoms with E-state index in [9.17, 15) is 0 Å². The smallest absolute Gasteiger partial charge is 0.249 e. The highest BCUT2D eigenvalue weighted by Crippen LogP contribution is 2.34. The lowest BCUT2D eigenvalue weighted by atomic mass is 10.1. The van der Waals surface area contributed by atoms with Crippen molar-refractivity contribution in [1.82, 2.24) is 15.0 Å². The summed E-state index contributed by atoms with van der Waals surface area (Å²) in [7, 11) is 2.13. The van der Waals surface area contributed by atoms with Crippen LogP contribution in [0.1, 0.15) is 29.4 Å². The lowest BCUT2D eigenvalue weighted by molar-refractivity contribution is 0.256. The second kappa shape index (κ2) is 5.35. The van der Waals surface area contributed by atoms with Gasteiger partial charge in [-0.15, -0.1) is 0 Å². The van der Waals surface area contributed by atoms with Gasteiger partial charge in [0.2, 0.25) is 5.89 Å². The van der Waals surface area contributed by atoms with E-state index in [0.29, 0.717) is 5.89 Å². The number of hydrogen-bond donors (Lipinski definition) is 1. The third-order valence-corrected chi connectivity index (χ3v) is 5.24. The molecule has 1 saturated heterocycles. The van der Waals surface area contributed by atoms with Crippen molar-refractivity contribution < 1.29 is 4.52 Å². The lowest BCUT2D eigenvalue weighted by Gasteiger charge is -2.29. The zero-order valence-corrected chi connectivity index (χ0v) is 12.8. The molecule has 2 aliphatic rings. The number of para-hydroxylation sites is 1. The van der Waals surface area contributed by atoms with Crippen LogP contribution in [0.15, 0.2) is 28.8 Å². The number of nitrogens with one attached hydrogen (secondary N) is 1. The van der Waals surface area contributed by atoms with E-state index in [0.717, 1.165) is 24.5 Å². The second-order valence-electron chi connectivity index (χ2n) is 5.62. The van der Waals surface area contributed by atoms with Crippen LogP contribution in [0.2, 0.25) is 0 Å². The second-order valence-corrected chi connectivity index (χ2v) is 6.77. The Bertz CT molecular complexity index is 619. The number of aromatic nitrogens is 2. The largest absolute Gasteiger partial charge is 0.373 e. The highest BCUT2D eigenvalue weighted by Gasteiger charge is 2.30. The molecule has 0 spiro atoms. The standard InChI is InChI=1S/C15H18N4OS/c1-19-6-7-21-9-13(19)14-17-15(20-18-14)12-8-10-4-2-3-5-11(10)16-12/h2-5,12-13,16H,6-9H2,1H3. The molecule has 5 nitrogen and oxygen atoms in total. The Balaban J connectivity index is 1.53. The van der Waals surface area contributed by atoms with Crippen molar-refractivity contribution in [2.75, 3.05) is 30.4 Å². The summed E-state index contributed by atoms with van der Waals surface area (Å²) < 4.78 is 5.52. The SMILES string of the molecule is CN1CCSCC1c1noc(C2Cc3ccccc3N2)n1. The number of hydrogen-bond acceptors (Lipinski definition) is 6. The van der Waals surface area contributed by atoms with Gasteiger partial charge in [-0.2, -0.15) is 16.7 Å². The minimum Gasteiger partial charge on any atom is -0.373 e. The quantitative estimate of drug-likeness (QED) is 0.920. The van der Waals surface area contributed by atoms with Crippen LogP contribution in [-0.4, -0.2) is 40.1 Å². The Morgan fingerprint density at radius 3 is 3.14 bits per heavy atom. The Morgan fingerprint density at radius 1 is 1.38 bits per heavy atom. The Morgan fingerprint density at radius 2 is 2.29 bits per heavy atom. The summed E-state index contributed by atoms with van der Waals surface area (Å²) in [5, 5.41) is 7.68. The third kappa shape index (κ3) is 2.42. The predicted octanol–water partition coefficient (Wildman–Crippen LogP) is 2.50. The van der Waals surface area contributed by atoms with Crippen LogP contribution in [0.5, 0.6) is 0 Å². The van der Waals surface area contributed by atoms with Gasteiger partial charge in [0.15, 0.2) is 5.82 Å². The average molecular weight is 302 g/mol. The highest BCUT2D eigenvalue weighted by atomic mass is 32.2. The molecule has 21 heavy (non-hydrogen) atoms. The highest BCUT2D eigenvalue weighted by molar-refractivity contribution is 7.99. The monoisotopic (exact) mass is 302 g/mol. The van der Waals surface area contributed by atoms with Crippen molar-refractivity contribution >= 4 is 17.4 Å². The molecular weight excluding hydrogens is 284 g/mol. The first-order valence-corrected chi connectivity index (χ1v) is 8.42. The zero-order chi connectivity index (χ0) is 14.2. The fourth-order valence-electron chi connectivity index (χ4n) is 2.93. The van der Waals surface area contributed by atoms with Crippen LogP contribution in [0.25, 0.3) is 0 Å². The molecule has 2 unspecified atom stereocenters. The molecule has 1 N–H and O–H groups in total. The maximum Gasteiger partial charge on any atom is 0.249 e. The molecule has 0 bridgehead atoms. The van der Waals surface area contributed by atoms with Crippen LogP contribution in [0.3, 0.4) is 0 Å². The predicted molar refractivity (Wildman–Crippen MR) is 83.5 cm³/mol. The average Bonchev–Trinajstić information content (AvgIpc) is 3.14. The van der Waals surface area contributed by atoms with E-state index in [-0.39, 0.29) is 12.1 Å². The number of anilines is 1. The van der Waals surface area contributed by atoms with Crippen LogP contribution < -0.4 is 5.32 Å². The lowest BCUT2D eigenvalue weighted by Crippen LogP contribution is -2.33. The van der Waals surface area contributed by atoms with Crippen LogP contribution in [0.4, 0.5) is 5.69 Å². The minimum absolute atomic E-state index is 0.102. The number of fused-ring (bicyclic) bond motifs is 1. The van der Waals surface area contributed by atoms with Crippen LogP contribution in [0, 0.1) is 0 Å². The van der Waals surface area contributed by atoms with E-state index in [1.54, 1.807) is 0 Å². The van der Waals surface area contributed by atoms with Crippen molar-refractivity contribution in [3.63, 3.8) is 0 Å². The fourth-order valence-corrected chi connectivity index (χ4v) is 4.14. The topological polar surface area (TPSA) is 54.2 Å². The van der Waals surface area contributed by atoms with Gasteiger partial charge in [0.25, 0.3) is 0 Å². The van der Waals surface area contributed by atoms with Crippen molar-refractivity contribution in [2.45, 2.75) is 18.5 Å². The summed E-state index contributed by atoms with van der Waals surface area (Å²) in [5.41, 5.74) is 2.49. The first-order chi connectivity index (χ1) is 10.3. The molecule has 0 aliphatic carbocycles. The maximum atomic E-state index is 5.52. The third-order valence-electron chi connectivity index (χ3n) is 4.22. The van der Waals surface area contributed by atoms with Crippen molar-refractivity contribution in [1.29, 1.82) is 0 Å². The van der Waals surface area contributed by atoms with E-state index in [2.05, 4.69) is 45.6 Å². The van der Waals surface area contributed by atoms with Gasteiger partial charge in [0.1, 0.15) is 6.04 Å². The summed E-state index contributed by atoms with van der Waals surface area (Å²) in [6, 6.07) is 8.72. The first-order valence-electron chi connectivity index (χ1n) is 7.27. The van der Waals surface area contributed by atoms with E-state index in [1.807, 2.05) is 17.8 Å². The molecule has 2 aromatic rings. The summed E-state index contributed by atoms with van der Waals surface area (Å²) >= 11 is 1.95. The maximum absolute atomic E-state index is 5.52. The van der Waals surface area contributed by atoms with Gasteiger partial charge >= 0.3 is 0 Å². The van der Waals surface area contributed by atoms with Gasteiger partial charge < -0.3 is 9.84 Å². The first kappa shape index (κ1) is 13.2. The summed E-state index contributed by atoms with van der Waals surface area (Å²) in [6.45, 7) is 1.08. The molecule has 0 saturated carbocycles. The van der Waals surface area contributed by atoms with Crippen LogP contribution >= 0.6 is 11.8 Å². The molecule has 0 amide bonds. The van der Waals surface area contributed by atoms with Gasteiger partial charge in [0.05, 0.1) is 6.04 Å². The van der Waals surface area contributed by atoms with Gasteiger partial charge in [0, 0.05) is 30.2 Å². The fraction of sp³-hybridized carbons (Fsp3) is 0.467. The summed E-state index contributed by atoms with van der Waals surface area (Å²) in [6.07, 6.45) is 0.910. The molecule has 2 aliphatic heterocycles.